The summed E-state index contributed by atoms with van der Waals surface area (Å²) in [5.41, 5.74) is 0.556. The first-order chi connectivity index (χ1) is 6.09. The molecule has 0 amide bonds. The van der Waals surface area contributed by atoms with Gasteiger partial charge in [0.25, 0.3) is 0 Å². The van der Waals surface area contributed by atoms with Gasteiger partial charge in [-0.1, -0.05) is 18.2 Å². The molecule has 1 aromatic carbocycles. The molecule has 1 rings (SSSR count). The molecule has 0 N–H and O–H groups in total. The highest BCUT2D eigenvalue weighted by Gasteiger charge is 2.04. The van der Waals surface area contributed by atoms with Crippen molar-refractivity contribution < 1.29 is 4.79 Å². The molecule has 1 aromatic rings. The van der Waals surface area contributed by atoms with E-state index in [1.165, 1.54) is 0 Å². The van der Waals surface area contributed by atoms with E-state index < -0.39 is 0 Å². The molecule has 3 heteroatoms. The second-order valence-corrected chi connectivity index (χ2v) is 4.11. The molecule has 1 nitrogen and oxygen atoms in total. The smallest absolute Gasteiger partial charge is 0.219 e. The number of carbonyl (C=O) groups is 1. The summed E-state index contributed by atoms with van der Waals surface area (Å²) in [5, 5.41) is 0.662. The van der Waals surface area contributed by atoms with Crippen molar-refractivity contribution in [2.45, 2.75) is 11.8 Å². The highest BCUT2D eigenvalue weighted by atomic mass is 35.5. The van der Waals surface area contributed by atoms with Crippen LogP contribution in [-0.4, -0.2) is 5.12 Å². The number of carbonyl (C=O) groups excluding carboxylic acids is 1. The summed E-state index contributed by atoms with van der Waals surface area (Å²) in [6, 6.07) is 7.15. The lowest BCUT2D eigenvalue weighted by molar-refractivity contribution is -0.107. The van der Waals surface area contributed by atoms with Crippen molar-refractivity contribution in [1.29, 1.82) is 0 Å². The highest BCUT2D eigenvalue weighted by Crippen LogP contribution is 2.22. The van der Waals surface area contributed by atoms with Crippen LogP contribution < -0.4 is 0 Å². The minimum Gasteiger partial charge on any atom is -0.282 e. The van der Waals surface area contributed by atoms with Gasteiger partial charge in [-0.05, 0) is 48.5 Å². The fourth-order valence-electron chi connectivity index (χ4n) is 0.697. The van der Waals surface area contributed by atoms with E-state index in [1.54, 1.807) is 19.1 Å². The first kappa shape index (κ1) is 10.4. The van der Waals surface area contributed by atoms with Gasteiger partial charge in [-0.25, -0.2) is 0 Å². The lowest BCUT2D eigenvalue weighted by atomic mass is 10.4. The largest absolute Gasteiger partial charge is 0.282 e. The zero-order chi connectivity index (χ0) is 9.84. The first-order valence-electron chi connectivity index (χ1n) is 3.73. The van der Waals surface area contributed by atoms with Gasteiger partial charge < -0.3 is 0 Å². The van der Waals surface area contributed by atoms with Gasteiger partial charge in [-0.2, -0.15) is 0 Å². The summed E-state index contributed by atoms with van der Waals surface area (Å²) in [6.07, 6.45) is 0. The molecular formula is C10H9ClOS. The normalized spacial score (nSPS) is 9.69. The van der Waals surface area contributed by atoms with Gasteiger partial charge in [0.2, 0.25) is 5.12 Å². The van der Waals surface area contributed by atoms with E-state index in [9.17, 15) is 4.79 Å². The van der Waals surface area contributed by atoms with Gasteiger partial charge in [-0.15, -0.1) is 0 Å². The number of benzene rings is 1. The summed E-state index contributed by atoms with van der Waals surface area (Å²) in [4.78, 5) is 12.1. The average molecular weight is 213 g/mol. The molecule has 0 aromatic heterocycles. The summed E-state index contributed by atoms with van der Waals surface area (Å²) < 4.78 is 0. The second-order valence-electron chi connectivity index (χ2n) is 2.62. The number of thioether (sulfide) groups is 1. The maximum atomic E-state index is 11.2. The van der Waals surface area contributed by atoms with Crippen LogP contribution in [0.4, 0.5) is 0 Å². The van der Waals surface area contributed by atoms with Crippen molar-refractivity contribution in [3.63, 3.8) is 0 Å². The van der Waals surface area contributed by atoms with Crippen LogP contribution >= 0.6 is 23.4 Å². The Kier molecular flexibility index (Phi) is 3.58. The van der Waals surface area contributed by atoms with Crippen LogP contribution in [0.15, 0.2) is 41.3 Å². The zero-order valence-electron chi connectivity index (χ0n) is 7.21. The molecule has 0 radical (unpaired) electrons. The van der Waals surface area contributed by atoms with Crippen molar-refractivity contribution in [1.82, 2.24) is 0 Å². The summed E-state index contributed by atoms with van der Waals surface area (Å²) in [7, 11) is 0. The highest BCUT2D eigenvalue weighted by molar-refractivity contribution is 8.14. The fourth-order valence-corrected chi connectivity index (χ4v) is 1.48. The Morgan fingerprint density at radius 1 is 1.38 bits per heavy atom. The van der Waals surface area contributed by atoms with Gasteiger partial charge >= 0.3 is 0 Å². The molecule has 0 aliphatic rings. The van der Waals surface area contributed by atoms with E-state index in [1.807, 2.05) is 12.1 Å². The molecule has 0 heterocycles. The minimum absolute atomic E-state index is 0.0117. The zero-order valence-corrected chi connectivity index (χ0v) is 8.78. The molecule has 0 bridgehead atoms. The Bertz CT molecular complexity index is 329. The third-order valence-corrected chi connectivity index (χ3v) is 2.67. The van der Waals surface area contributed by atoms with Crippen LogP contribution in [0.1, 0.15) is 6.92 Å². The Morgan fingerprint density at radius 3 is 2.38 bits per heavy atom. The van der Waals surface area contributed by atoms with Crippen molar-refractivity contribution in [3.05, 3.63) is 41.4 Å². The molecule has 0 atom stereocenters. The lowest BCUT2D eigenvalue weighted by Crippen LogP contribution is -1.90. The Balaban J connectivity index is 2.70. The van der Waals surface area contributed by atoms with Crippen LogP contribution in [0, 0.1) is 0 Å². The van der Waals surface area contributed by atoms with Crippen molar-refractivity contribution in [3.8, 4) is 0 Å². The Labute approximate surface area is 86.8 Å². The predicted molar refractivity (Wildman–Crippen MR) is 57.1 cm³/mol. The van der Waals surface area contributed by atoms with E-state index >= 15 is 0 Å². The van der Waals surface area contributed by atoms with Crippen LogP contribution in [0.3, 0.4) is 0 Å². The molecule has 0 spiro atoms. The Morgan fingerprint density at radius 2 is 1.92 bits per heavy atom. The fraction of sp³-hybridized carbons (Fsp3) is 0.100. The summed E-state index contributed by atoms with van der Waals surface area (Å²) in [5.74, 6) is 0. The average Bonchev–Trinajstić information content (AvgIpc) is 2.08. The molecule has 68 valence electrons. The van der Waals surface area contributed by atoms with Crippen LogP contribution in [0.2, 0.25) is 5.02 Å². The molecule has 13 heavy (non-hydrogen) atoms. The SMILES string of the molecule is C=C(C)C(=O)Sc1ccc(Cl)cc1. The maximum absolute atomic E-state index is 11.2. The van der Waals surface area contributed by atoms with Gasteiger partial charge in [0.15, 0.2) is 0 Å². The van der Waals surface area contributed by atoms with Crippen molar-refractivity contribution in [2.24, 2.45) is 0 Å². The van der Waals surface area contributed by atoms with Gasteiger partial charge in [0.1, 0.15) is 0 Å². The molecule has 0 aliphatic carbocycles. The predicted octanol–water partition coefficient (Wildman–Crippen LogP) is 3.53. The van der Waals surface area contributed by atoms with E-state index in [4.69, 9.17) is 11.6 Å². The lowest BCUT2D eigenvalue weighted by Gasteiger charge is -1.99. The van der Waals surface area contributed by atoms with E-state index in [-0.39, 0.29) is 5.12 Å². The van der Waals surface area contributed by atoms with Crippen LogP contribution in [0.25, 0.3) is 0 Å². The summed E-state index contributed by atoms with van der Waals surface area (Å²) in [6.45, 7) is 5.27. The monoisotopic (exact) mass is 212 g/mol. The van der Waals surface area contributed by atoms with E-state index in [0.29, 0.717) is 10.6 Å². The quantitative estimate of drug-likeness (QED) is 0.551. The van der Waals surface area contributed by atoms with Gasteiger partial charge in [0.05, 0.1) is 0 Å². The third-order valence-electron chi connectivity index (χ3n) is 1.37. The number of halogens is 1. The van der Waals surface area contributed by atoms with Crippen molar-refractivity contribution in [2.75, 3.05) is 0 Å². The van der Waals surface area contributed by atoms with Crippen LogP contribution in [-0.2, 0) is 4.79 Å². The first-order valence-corrected chi connectivity index (χ1v) is 4.92. The standard InChI is InChI=1S/C10H9ClOS/c1-7(2)10(12)13-9-5-3-8(11)4-6-9/h3-6H,1H2,2H3. The number of hydrogen-bond acceptors (Lipinski definition) is 2. The number of hydrogen-bond donors (Lipinski definition) is 0. The Hall–Kier alpha value is -0.730. The number of rotatable bonds is 2. The molecule has 0 aliphatic heterocycles. The molecule has 0 unspecified atom stereocenters. The third kappa shape index (κ3) is 3.25. The molecule has 0 saturated carbocycles. The molecule has 0 fully saturated rings. The summed E-state index contributed by atoms with van der Waals surface area (Å²) >= 11 is 6.86. The maximum Gasteiger partial charge on any atom is 0.219 e. The van der Waals surface area contributed by atoms with Crippen LogP contribution in [0.5, 0.6) is 0 Å². The topological polar surface area (TPSA) is 17.1 Å². The van der Waals surface area contributed by atoms with E-state index in [0.717, 1.165) is 16.7 Å². The van der Waals surface area contributed by atoms with Gasteiger partial charge in [0, 0.05) is 9.92 Å². The van der Waals surface area contributed by atoms with Gasteiger partial charge in [-0.3, -0.25) is 4.79 Å². The minimum atomic E-state index is -0.0117. The molecule has 0 saturated heterocycles. The van der Waals surface area contributed by atoms with E-state index in [2.05, 4.69) is 6.58 Å². The molecular weight excluding hydrogens is 204 g/mol. The van der Waals surface area contributed by atoms with Crippen molar-refractivity contribution >= 4 is 28.5 Å². The second kappa shape index (κ2) is 4.49.